The molecule has 0 unspecified atom stereocenters. The van der Waals surface area contributed by atoms with Gasteiger partial charge in [0.1, 0.15) is 0 Å². The molecule has 2 rings (SSSR count). The number of H-pyrrole nitrogens is 1. The predicted molar refractivity (Wildman–Crippen MR) is 38.7 cm³/mol. The number of nitrogens with one attached hydrogen (secondary N) is 1. The number of hydrogen-bond donors (Lipinski definition) is 1. The first kappa shape index (κ1) is 6.78. The summed E-state index contributed by atoms with van der Waals surface area (Å²) >= 11 is 0. The summed E-state index contributed by atoms with van der Waals surface area (Å²) in [5.74, 6) is -0.571. The van der Waals surface area contributed by atoms with Crippen molar-refractivity contribution in [1.82, 2.24) is 10.4 Å². The van der Waals surface area contributed by atoms with Crippen LogP contribution in [0.2, 0.25) is 0 Å². The highest BCUT2D eigenvalue weighted by atomic mass is 16.5. The van der Waals surface area contributed by atoms with E-state index < -0.39 is 5.76 Å². The fourth-order valence-corrected chi connectivity index (χ4v) is 0.886. The van der Waals surface area contributed by atoms with Gasteiger partial charge in [-0.1, -0.05) is 23.3 Å². The van der Waals surface area contributed by atoms with Crippen molar-refractivity contribution >= 4 is 0 Å². The number of aromatic nitrogens is 3. The number of nitrogens with zero attached hydrogens (tertiary/aromatic N) is 2. The van der Waals surface area contributed by atoms with Crippen LogP contribution >= 0.6 is 0 Å². The maximum absolute atomic E-state index is 10.6. The van der Waals surface area contributed by atoms with Gasteiger partial charge in [0.15, 0.2) is 0 Å². The van der Waals surface area contributed by atoms with Crippen LogP contribution in [0.1, 0.15) is 0 Å². The Morgan fingerprint density at radius 3 is 2.67 bits per heavy atom. The van der Waals surface area contributed by atoms with Crippen LogP contribution in [0.4, 0.5) is 0 Å². The zero-order valence-electron chi connectivity index (χ0n) is 6.10. The van der Waals surface area contributed by atoms with E-state index in [-0.39, 0.29) is 0 Å². The number of para-hydroxylation sites is 1. The number of hydrogen-bond acceptors (Lipinski definition) is 3. The molecule has 1 aromatic carbocycles. The molecule has 0 fully saturated rings. The van der Waals surface area contributed by atoms with E-state index in [9.17, 15) is 4.79 Å². The fourth-order valence-electron chi connectivity index (χ4n) is 0.886. The van der Waals surface area contributed by atoms with Crippen molar-refractivity contribution in [2.45, 2.75) is 0 Å². The third-order valence-electron chi connectivity index (χ3n) is 1.40. The molecule has 0 saturated carbocycles. The largest absolute Gasteiger partial charge is 0.493 e. The second kappa shape index (κ2) is 2.61. The Labute approximate surface area is 67.2 Å². The van der Waals surface area contributed by atoms with Crippen molar-refractivity contribution in [2.75, 3.05) is 0 Å². The topological polar surface area (TPSA) is 62.8 Å². The summed E-state index contributed by atoms with van der Waals surface area (Å²) in [5.41, 5.74) is 0.753. The Balaban J connectivity index is 2.51. The average molecular weight is 164 g/mol. The van der Waals surface area contributed by atoms with Crippen molar-refractivity contribution in [3.05, 3.63) is 40.9 Å². The van der Waals surface area contributed by atoms with Crippen molar-refractivity contribution in [1.29, 1.82) is 0 Å². The lowest BCUT2D eigenvalue weighted by Gasteiger charge is -1.81. The van der Waals surface area contributed by atoms with E-state index in [0.717, 1.165) is 5.69 Å². The van der Waals surface area contributed by atoms with Crippen LogP contribution in [0.15, 0.2) is 39.6 Å². The monoisotopic (exact) mass is 164 g/mol. The smallest absolute Gasteiger partial charge is 0.239 e. The molecule has 2 aromatic rings. The van der Waals surface area contributed by atoms with Gasteiger partial charge in [-0.2, -0.15) is 0 Å². The summed E-state index contributed by atoms with van der Waals surface area (Å²) in [4.78, 5) is 11.8. The number of aromatic amines is 1. The Kier molecular flexibility index (Phi) is 1.48. The van der Waals surface area contributed by atoms with Crippen LogP contribution in [0.3, 0.4) is 0 Å². The highest BCUT2D eigenvalue weighted by molar-refractivity contribution is 5.19. The lowest BCUT2D eigenvalue weighted by atomic mass is 10.3. The third-order valence-corrected chi connectivity index (χ3v) is 1.40. The Hall–Kier alpha value is -1.91. The van der Waals surface area contributed by atoms with E-state index in [2.05, 4.69) is 14.9 Å². The van der Waals surface area contributed by atoms with Crippen molar-refractivity contribution < 1.29 is 9.32 Å². The zero-order valence-corrected chi connectivity index (χ0v) is 6.10. The van der Waals surface area contributed by atoms with Gasteiger partial charge in [-0.25, -0.2) is 9.32 Å². The summed E-state index contributed by atoms with van der Waals surface area (Å²) in [5, 5.41) is 5.84. The minimum Gasteiger partial charge on any atom is -0.239 e. The molecular formula is C7H6N3O2+. The quantitative estimate of drug-likeness (QED) is 0.585. The van der Waals surface area contributed by atoms with Gasteiger partial charge in [0.2, 0.25) is 5.27 Å². The van der Waals surface area contributed by atoms with E-state index in [1.807, 2.05) is 18.2 Å². The molecule has 60 valence electrons. The minimum absolute atomic E-state index is 0.571. The van der Waals surface area contributed by atoms with E-state index >= 15 is 0 Å². The highest BCUT2D eigenvalue weighted by Gasteiger charge is 2.10. The molecule has 0 aliphatic carbocycles. The molecule has 1 heterocycles. The van der Waals surface area contributed by atoms with E-state index in [0.29, 0.717) is 0 Å². The lowest BCUT2D eigenvalue weighted by molar-refractivity contribution is -0.725. The van der Waals surface area contributed by atoms with Crippen LogP contribution in [0.25, 0.3) is 5.69 Å². The SMILES string of the molecule is O=c1[nH][n+](-c2ccccc2)no1. The molecule has 0 spiro atoms. The number of benzene rings is 1. The molecule has 0 amide bonds. The van der Waals surface area contributed by atoms with Gasteiger partial charge in [0.05, 0.1) is 4.80 Å². The predicted octanol–water partition coefficient (Wildman–Crippen LogP) is -0.360. The lowest BCUT2D eigenvalue weighted by Crippen LogP contribution is -2.37. The normalized spacial score (nSPS) is 10.0. The molecule has 0 radical (unpaired) electrons. The standard InChI is InChI=1S/C7H5N3O2/c11-7-8-10(9-12-7)6-4-2-1-3-5-6/h1-5H/p+1. The van der Waals surface area contributed by atoms with Crippen molar-refractivity contribution in [3.63, 3.8) is 0 Å². The molecule has 0 aliphatic rings. The van der Waals surface area contributed by atoms with Gasteiger partial charge >= 0.3 is 5.76 Å². The van der Waals surface area contributed by atoms with Gasteiger partial charge in [0, 0.05) is 12.1 Å². The van der Waals surface area contributed by atoms with Gasteiger partial charge < -0.3 is 0 Å². The Morgan fingerprint density at radius 1 is 1.33 bits per heavy atom. The van der Waals surface area contributed by atoms with Gasteiger partial charge in [-0.15, -0.1) is 0 Å². The summed E-state index contributed by atoms with van der Waals surface area (Å²) in [6.07, 6.45) is 0. The fraction of sp³-hybridized carbons (Fsp3) is 0. The third kappa shape index (κ3) is 1.12. The molecule has 0 bridgehead atoms. The molecule has 12 heavy (non-hydrogen) atoms. The first-order valence-corrected chi connectivity index (χ1v) is 3.40. The Bertz CT molecular complexity index is 417. The van der Waals surface area contributed by atoms with Crippen LogP contribution in [0, 0.1) is 0 Å². The van der Waals surface area contributed by atoms with Crippen LogP contribution < -0.4 is 10.6 Å². The van der Waals surface area contributed by atoms with Crippen molar-refractivity contribution in [2.24, 2.45) is 0 Å². The van der Waals surface area contributed by atoms with Crippen LogP contribution in [0.5, 0.6) is 0 Å². The minimum atomic E-state index is -0.571. The summed E-state index contributed by atoms with van der Waals surface area (Å²) < 4.78 is 4.32. The van der Waals surface area contributed by atoms with Crippen molar-refractivity contribution in [3.8, 4) is 5.69 Å². The molecule has 0 saturated heterocycles. The highest BCUT2D eigenvalue weighted by Crippen LogP contribution is 1.93. The maximum Gasteiger partial charge on any atom is 0.493 e. The molecule has 0 atom stereocenters. The molecule has 5 heteroatoms. The van der Waals surface area contributed by atoms with Gasteiger partial charge in [0.25, 0.3) is 5.69 Å². The summed E-state index contributed by atoms with van der Waals surface area (Å²) in [6.45, 7) is 0. The second-order valence-corrected chi connectivity index (χ2v) is 2.22. The summed E-state index contributed by atoms with van der Waals surface area (Å²) in [7, 11) is 0. The molecule has 1 N–H and O–H groups in total. The first-order chi connectivity index (χ1) is 5.86. The maximum atomic E-state index is 10.6. The second-order valence-electron chi connectivity index (χ2n) is 2.22. The summed E-state index contributed by atoms with van der Waals surface area (Å²) in [6, 6.07) is 9.17. The first-order valence-electron chi connectivity index (χ1n) is 3.40. The van der Waals surface area contributed by atoms with E-state index in [1.54, 1.807) is 12.1 Å². The van der Waals surface area contributed by atoms with Crippen LogP contribution in [-0.4, -0.2) is 10.4 Å². The average Bonchev–Trinajstić information content (AvgIpc) is 2.54. The number of rotatable bonds is 1. The molecule has 5 nitrogen and oxygen atoms in total. The van der Waals surface area contributed by atoms with Gasteiger partial charge in [-0.05, 0) is 0 Å². The van der Waals surface area contributed by atoms with Gasteiger partial charge in [-0.3, -0.25) is 0 Å². The Morgan fingerprint density at radius 2 is 2.08 bits per heavy atom. The van der Waals surface area contributed by atoms with E-state index in [4.69, 9.17) is 0 Å². The zero-order chi connectivity index (χ0) is 8.39. The molecular weight excluding hydrogens is 158 g/mol. The molecule has 0 aliphatic heterocycles. The van der Waals surface area contributed by atoms with E-state index in [1.165, 1.54) is 4.80 Å². The van der Waals surface area contributed by atoms with Crippen LogP contribution in [-0.2, 0) is 0 Å². The molecule has 1 aromatic heterocycles.